The Kier molecular flexibility index (Phi) is 6.03. The van der Waals surface area contributed by atoms with Crippen molar-refractivity contribution in [2.75, 3.05) is 13.2 Å². The summed E-state index contributed by atoms with van der Waals surface area (Å²) in [6.07, 6.45) is -4.61. The Labute approximate surface area is 142 Å². The molecule has 0 aliphatic carbocycles. The molecule has 0 aliphatic rings. The van der Waals surface area contributed by atoms with Crippen LogP contribution in [0.3, 0.4) is 0 Å². The lowest BCUT2D eigenvalue weighted by Gasteiger charge is -2.21. The first-order chi connectivity index (χ1) is 11.3. The molecular weight excluding hydrogens is 364 g/mol. The molecule has 0 fully saturated rings. The number of nitrogens with zero attached hydrogens (tertiary/aromatic N) is 2. The molecule has 0 amide bonds. The summed E-state index contributed by atoms with van der Waals surface area (Å²) in [4.78, 5) is 0. The molecule has 0 radical (unpaired) electrons. The fraction of sp³-hybridized carbons (Fsp3) is 0.357. The summed E-state index contributed by atoms with van der Waals surface area (Å²) in [7, 11) is 0. The van der Waals surface area contributed by atoms with Crippen LogP contribution in [0.2, 0.25) is 0 Å². The molecule has 0 saturated heterocycles. The first-order valence-corrected chi connectivity index (χ1v) is 9.66. The summed E-state index contributed by atoms with van der Waals surface area (Å²) in [5, 5.41) is 3.58. The van der Waals surface area contributed by atoms with Gasteiger partial charge in [-0.1, -0.05) is 18.2 Å². The van der Waals surface area contributed by atoms with Crippen LogP contribution >= 0.6 is 6.72 Å². The Morgan fingerprint density at radius 1 is 1.12 bits per heavy atom. The van der Waals surface area contributed by atoms with Crippen LogP contribution in [0.5, 0.6) is 5.88 Å². The first kappa shape index (κ1) is 18.9. The topological polar surface area (TPSA) is 45.5 Å². The van der Waals surface area contributed by atoms with E-state index in [4.69, 9.17) is 25.4 Å². The normalized spacial score (nSPS) is 12.4. The first-order valence-electron chi connectivity index (χ1n) is 7.10. The van der Waals surface area contributed by atoms with Crippen molar-refractivity contribution in [2.24, 2.45) is 0 Å². The maximum absolute atomic E-state index is 13.0. The smallest absolute Gasteiger partial charge is 0.406 e. The highest BCUT2D eigenvalue weighted by atomic mass is 32.5. The van der Waals surface area contributed by atoms with Crippen molar-refractivity contribution in [2.45, 2.75) is 20.0 Å². The molecule has 2 rings (SSSR count). The number of hydrogen-bond acceptors (Lipinski definition) is 5. The maximum Gasteiger partial charge on any atom is 0.435 e. The summed E-state index contributed by atoms with van der Waals surface area (Å²) in [6, 6.07) is 9.08. The van der Waals surface area contributed by atoms with E-state index in [2.05, 4.69) is 5.10 Å². The standard InChI is InChI=1S/C14H16F3N2O3PS/c1-3-20-23(24,21-4-2)22-13-10-12(14(15,16)17)18-19(13)11-8-6-5-7-9-11/h5-10H,3-4H2,1-2H3. The predicted molar refractivity (Wildman–Crippen MR) is 86.7 cm³/mol. The Morgan fingerprint density at radius 2 is 1.71 bits per heavy atom. The zero-order valence-electron chi connectivity index (χ0n) is 13.0. The molecule has 0 bridgehead atoms. The minimum Gasteiger partial charge on any atom is -0.406 e. The molecule has 0 spiro atoms. The molecule has 132 valence electrons. The van der Waals surface area contributed by atoms with E-state index in [-0.39, 0.29) is 19.1 Å². The quantitative estimate of drug-likeness (QED) is 0.659. The lowest BCUT2D eigenvalue weighted by Crippen LogP contribution is -2.08. The summed E-state index contributed by atoms with van der Waals surface area (Å²) in [5.41, 5.74) is -0.687. The lowest BCUT2D eigenvalue weighted by molar-refractivity contribution is -0.141. The van der Waals surface area contributed by atoms with Crippen LogP contribution in [0.15, 0.2) is 36.4 Å². The van der Waals surface area contributed by atoms with E-state index < -0.39 is 18.6 Å². The molecule has 24 heavy (non-hydrogen) atoms. The minimum absolute atomic E-state index is 0.182. The number of aromatic nitrogens is 2. The van der Waals surface area contributed by atoms with Gasteiger partial charge in [-0.25, -0.2) is 4.68 Å². The molecule has 1 aromatic carbocycles. The molecule has 0 N–H and O–H groups in total. The number of halogens is 3. The number of alkyl halides is 3. The van der Waals surface area contributed by atoms with Gasteiger partial charge in [-0.15, -0.1) is 0 Å². The van der Waals surface area contributed by atoms with Gasteiger partial charge >= 0.3 is 12.9 Å². The third-order valence-corrected chi connectivity index (χ3v) is 5.16. The monoisotopic (exact) mass is 380 g/mol. The van der Waals surface area contributed by atoms with Crippen molar-refractivity contribution in [1.29, 1.82) is 0 Å². The third kappa shape index (κ3) is 4.57. The van der Waals surface area contributed by atoms with Crippen molar-refractivity contribution >= 4 is 18.5 Å². The average Bonchev–Trinajstić information content (AvgIpc) is 2.92. The highest BCUT2D eigenvalue weighted by molar-refractivity contribution is 8.07. The van der Waals surface area contributed by atoms with Crippen LogP contribution in [0.1, 0.15) is 19.5 Å². The largest absolute Gasteiger partial charge is 0.435 e. The van der Waals surface area contributed by atoms with Crippen LogP contribution in [0.25, 0.3) is 5.69 Å². The minimum atomic E-state index is -4.61. The molecular formula is C14H16F3N2O3PS. The van der Waals surface area contributed by atoms with Crippen molar-refractivity contribution in [3.63, 3.8) is 0 Å². The molecule has 0 unspecified atom stereocenters. The summed E-state index contributed by atoms with van der Waals surface area (Å²) >= 11 is 5.22. The summed E-state index contributed by atoms with van der Waals surface area (Å²) in [6.45, 7) is 0.587. The van der Waals surface area contributed by atoms with Gasteiger partial charge < -0.3 is 4.52 Å². The van der Waals surface area contributed by atoms with Crippen molar-refractivity contribution in [3.05, 3.63) is 42.1 Å². The van der Waals surface area contributed by atoms with Crippen LogP contribution in [-0.2, 0) is 27.0 Å². The van der Waals surface area contributed by atoms with Gasteiger partial charge in [0.15, 0.2) is 5.69 Å². The number of benzene rings is 1. The summed E-state index contributed by atoms with van der Waals surface area (Å²) in [5.74, 6) is -0.182. The number of rotatable bonds is 7. The van der Waals surface area contributed by atoms with Gasteiger partial charge in [0.25, 0.3) is 0 Å². The zero-order chi connectivity index (χ0) is 17.8. The Morgan fingerprint density at radius 3 is 2.21 bits per heavy atom. The van der Waals surface area contributed by atoms with Crippen molar-refractivity contribution < 1.29 is 26.7 Å². The van der Waals surface area contributed by atoms with E-state index in [0.29, 0.717) is 5.69 Å². The third-order valence-electron chi connectivity index (χ3n) is 2.75. The Hall–Kier alpha value is -1.41. The predicted octanol–water partition coefficient (Wildman–Crippen LogP) is 4.57. The van der Waals surface area contributed by atoms with Gasteiger partial charge in [0.1, 0.15) is 0 Å². The summed E-state index contributed by atoms with van der Waals surface area (Å²) < 4.78 is 56.2. The fourth-order valence-electron chi connectivity index (χ4n) is 1.84. The van der Waals surface area contributed by atoms with Gasteiger partial charge in [-0.3, -0.25) is 9.05 Å². The fourth-order valence-corrected chi connectivity index (χ4v) is 3.88. The highest BCUT2D eigenvalue weighted by Gasteiger charge is 2.36. The van der Waals surface area contributed by atoms with Gasteiger partial charge in [0.2, 0.25) is 5.88 Å². The van der Waals surface area contributed by atoms with E-state index in [1.165, 1.54) is 0 Å². The maximum atomic E-state index is 13.0. The van der Waals surface area contributed by atoms with E-state index in [9.17, 15) is 13.2 Å². The highest BCUT2D eigenvalue weighted by Crippen LogP contribution is 2.50. The van der Waals surface area contributed by atoms with Crippen molar-refractivity contribution in [1.82, 2.24) is 9.78 Å². The molecule has 1 aromatic heterocycles. The van der Waals surface area contributed by atoms with E-state index in [1.807, 2.05) is 0 Å². The second-order valence-electron chi connectivity index (χ2n) is 4.49. The number of para-hydroxylation sites is 1. The van der Waals surface area contributed by atoms with Crippen LogP contribution in [0.4, 0.5) is 13.2 Å². The second kappa shape index (κ2) is 7.65. The van der Waals surface area contributed by atoms with Crippen LogP contribution in [0, 0.1) is 0 Å². The van der Waals surface area contributed by atoms with Gasteiger partial charge in [-0.05, 0) is 26.0 Å². The van der Waals surface area contributed by atoms with E-state index >= 15 is 0 Å². The van der Waals surface area contributed by atoms with Gasteiger partial charge in [0, 0.05) is 17.9 Å². The molecule has 5 nitrogen and oxygen atoms in total. The van der Waals surface area contributed by atoms with Crippen molar-refractivity contribution in [3.8, 4) is 11.6 Å². The SMILES string of the molecule is CCOP(=S)(OCC)Oc1cc(C(F)(F)F)nn1-c1ccccc1. The van der Waals surface area contributed by atoms with E-state index in [1.54, 1.807) is 44.2 Å². The lowest BCUT2D eigenvalue weighted by atomic mass is 10.3. The molecule has 2 aromatic rings. The Balaban J connectivity index is 2.47. The zero-order valence-corrected chi connectivity index (χ0v) is 14.7. The molecule has 0 atom stereocenters. The molecule has 0 aliphatic heterocycles. The molecule has 0 saturated carbocycles. The number of hydrogen-bond donors (Lipinski definition) is 0. The molecule has 1 heterocycles. The van der Waals surface area contributed by atoms with Crippen LogP contribution < -0.4 is 4.52 Å². The molecule has 10 heteroatoms. The Bertz CT molecular complexity index is 712. The van der Waals surface area contributed by atoms with Gasteiger partial charge in [0.05, 0.1) is 18.9 Å². The second-order valence-corrected chi connectivity index (χ2v) is 7.42. The van der Waals surface area contributed by atoms with E-state index in [0.717, 1.165) is 10.7 Å². The average molecular weight is 380 g/mol. The van der Waals surface area contributed by atoms with Gasteiger partial charge in [-0.2, -0.15) is 18.3 Å². The van der Waals surface area contributed by atoms with Crippen LogP contribution in [-0.4, -0.2) is 23.0 Å².